The SMILES string of the molecule is CC1C(O)CC12COCCN2. The van der Waals surface area contributed by atoms with E-state index in [4.69, 9.17) is 4.74 Å². The molecule has 0 aromatic rings. The first kappa shape index (κ1) is 7.53. The van der Waals surface area contributed by atoms with E-state index in [0.29, 0.717) is 5.92 Å². The lowest BCUT2D eigenvalue weighted by Gasteiger charge is -2.53. The van der Waals surface area contributed by atoms with Gasteiger partial charge in [0.1, 0.15) is 0 Å². The first-order chi connectivity index (χ1) is 5.25. The molecule has 0 bridgehead atoms. The molecular weight excluding hydrogens is 142 g/mol. The molecule has 1 aliphatic carbocycles. The van der Waals surface area contributed by atoms with E-state index in [1.165, 1.54) is 0 Å². The van der Waals surface area contributed by atoms with Gasteiger partial charge in [0.05, 0.1) is 19.3 Å². The fraction of sp³-hybridized carbons (Fsp3) is 1.00. The second-order valence-corrected chi connectivity index (χ2v) is 3.70. The van der Waals surface area contributed by atoms with Crippen LogP contribution in [0.25, 0.3) is 0 Å². The van der Waals surface area contributed by atoms with Crippen LogP contribution in [0.3, 0.4) is 0 Å². The van der Waals surface area contributed by atoms with Crippen LogP contribution in [-0.4, -0.2) is 36.5 Å². The molecule has 2 rings (SSSR count). The molecule has 11 heavy (non-hydrogen) atoms. The molecule has 64 valence electrons. The minimum Gasteiger partial charge on any atom is -0.393 e. The summed E-state index contributed by atoms with van der Waals surface area (Å²) in [5, 5.41) is 12.8. The van der Waals surface area contributed by atoms with E-state index < -0.39 is 0 Å². The average molecular weight is 157 g/mol. The van der Waals surface area contributed by atoms with Gasteiger partial charge in [-0.05, 0) is 6.42 Å². The Bertz CT molecular complexity index is 149. The molecule has 3 heteroatoms. The summed E-state index contributed by atoms with van der Waals surface area (Å²) in [6, 6.07) is 0. The molecule has 0 aromatic heterocycles. The summed E-state index contributed by atoms with van der Waals surface area (Å²) >= 11 is 0. The lowest BCUT2D eigenvalue weighted by atomic mass is 9.65. The van der Waals surface area contributed by atoms with Crippen molar-refractivity contribution in [3.8, 4) is 0 Å². The number of morpholine rings is 1. The van der Waals surface area contributed by atoms with Crippen LogP contribution in [-0.2, 0) is 4.74 Å². The summed E-state index contributed by atoms with van der Waals surface area (Å²) in [5.74, 6) is 0.350. The molecule has 0 aromatic carbocycles. The van der Waals surface area contributed by atoms with E-state index in [2.05, 4.69) is 12.2 Å². The van der Waals surface area contributed by atoms with Crippen LogP contribution in [0.15, 0.2) is 0 Å². The highest BCUT2D eigenvalue weighted by molar-refractivity contribution is 5.07. The van der Waals surface area contributed by atoms with Crippen LogP contribution >= 0.6 is 0 Å². The van der Waals surface area contributed by atoms with Crippen LogP contribution in [0.5, 0.6) is 0 Å². The lowest BCUT2D eigenvalue weighted by Crippen LogP contribution is -2.69. The fourth-order valence-corrected chi connectivity index (χ4v) is 2.04. The van der Waals surface area contributed by atoms with Crippen LogP contribution in [0, 0.1) is 5.92 Å². The third-order valence-corrected chi connectivity index (χ3v) is 3.11. The minimum absolute atomic E-state index is 0.109. The van der Waals surface area contributed by atoms with Gasteiger partial charge in [0.25, 0.3) is 0 Å². The summed E-state index contributed by atoms with van der Waals surface area (Å²) in [4.78, 5) is 0. The van der Waals surface area contributed by atoms with E-state index in [0.717, 1.165) is 26.2 Å². The van der Waals surface area contributed by atoms with Crippen molar-refractivity contribution in [3.05, 3.63) is 0 Å². The van der Waals surface area contributed by atoms with Crippen molar-refractivity contribution < 1.29 is 9.84 Å². The number of ether oxygens (including phenoxy) is 1. The molecule has 1 saturated carbocycles. The molecular formula is C8H15NO2. The molecule has 1 aliphatic heterocycles. The molecule has 2 N–H and O–H groups in total. The number of aliphatic hydroxyl groups is 1. The zero-order valence-corrected chi connectivity index (χ0v) is 6.84. The molecule has 1 saturated heterocycles. The van der Waals surface area contributed by atoms with Gasteiger partial charge in [-0.25, -0.2) is 0 Å². The largest absolute Gasteiger partial charge is 0.393 e. The van der Waals surface area contributed by atoms with Gasteiger partial charge in [0.15, 0.2) is 0 Å². The van der Waals surface area contributed by atoms with Crippen LogP contribution in [0.4, 0.5) is 0 Å². The van der Waals surface area contributed by atoms with Crippen LogP contribution in [0.2, 0.25) is 0 Å². The third kappa shape index (κ3) is 0.991. The second kappa shape index (κ2) is 2.44. The topological polar surface area (TPSA) is 41.5 Å². The average Bonchev–Trinajstić information content (AvgIpc) is 2.06. The second-order valence-electron chi connectivity index (χ2n) is 3.70. The van der Waals surface area contributed by atoms with Crippen molar-refractivity contribution in [2.75, 3.05) is 19.8 Å². The van der Waals surface area contributed by atoms with Crippen molar-refractivity contribution in [1.82, 2.24) is 5.32 Å². The highest BCUT2D eigenvalue weighted by atomic mass is 16.5. The molecule has 0 amide bonds. The predicted molar refractivity (Wildman–Crippen MR) is 41.3 cm³/mol. The van der Waals surface area contributed by atoms with Crippen molar-refractivity contribution in [1.29, 1.82) is 0 Å². The lowest BCUT2D eigenvalue weighted by molar-refractivity contribution is -0.119. The Hall–Kier alpha value is -0.120. The molecule has 2 fully saturated rings. The highest BCUT2D eigenvalue weighted by Gasteiger charge is 2.51. The van der Waals surface area contributed by atoms with Gasteiger partial charge >= 0.3 is 0 Å². The normalized spacial score (nSPS) is 50.7. The highest BCUT2D eigenvalue weighted by Crippen LogP contribution is 2.39. The van der Waals surface area contributed by atoms with E-state index >= 15 is 0 Å². The molecule has 3 atom stereocenters. The van der Waals surface area contributed by atoms with Gasteiger partial charge in [-0.15, -0.1) is 0 Å². The van der Waals surface area contributed by atoms with Gasteiger partial charge in [-0.1, -0.05) is 6.92 Å². The fourth-order valence-electron chi connectivity index (χ4n) is 2.04. The molecule has 1 heterocycles. The van der Waals surface area contributed by atoms with Gasteiger partial charge in [-0.2, -0.15) is 0 Å². The summed E-state index contributed by atoms with van der Waals surface area (Å²) in [6.07, 6.45) is 0.734. The summed E-state index contributed by atoms with van der Waals surface area (Å²) in [7, 11) is 0. The zero-order chi connectivity index (χ0) is 7.90. The molecule has 3 unspecified atom stereocenters. The van der Waals surface area contributed by atoms with Gasteiger partial charge in [-0.3, -0.25) is 0 Å². The Balaban J connectivity index is 2.00. The van der Waals surface area contributed by atoms with E-state index in [-0.39, 0.29) is 11.6 Å². The maximum atomic E-state index is 9.34. The number of nitrogens with one attached hydrogen (secondary N) is 1. The summed E-state index contributed by atoms with van der Waals surface area (Å²) in [6.45, 7) is 4.59. The quantitative estimate of drug-likeness (QED) is 0.509. The number of hydrogen-bond donors (Lipinski definition) is 2. The smallest absolute Gasteiger partial charge is 0.0653 e. The molecule has 3 nitrogen and oxygen atoms in total. The predicted octanol–water partition coefficient (Wildman–Crippen LogP) is -0.254. The zero-order valence-electron chi connectivity index (χ0n) is 6.84. The van der Waals surface area contributed by atoms with E-state index in [9.17, 15) is 5.11 Å². The molecule has 1 spiro atoms. The Morgan fingerprint density at radius 2 is 2.45 bits per heavy atom. The first-order valence-corrected chi connectivity index (χ1v) is 4.25. The number of hydrogen-bond acceptors (Lipinski definition) is 3. The van der Waals surface area contributed by atoms with Gasteiger partial charge in [0, 0.05) is 18.0 Å². The Labute approximate surface area is 66.7 Å². The van der Waals surface area contributed by atoms with Crippen LogP contribution in [0.1, 0.15) is 13.3 Å². The van der Waals surface area contributed by atoms with Crippen molar-refractivity contribution in [2.24, 2.45) is 5.92 Å². The third-order valence-electron chi connectivity index (χ3n) is 3.11. The monoisotopic (exact) mass is 157 g/mol. The van der Waals surface area contributed by atoms with Crippen LogP contribution < -0.4 is 5.32 Å². The summed E-state index contributed by atoms with van der Waals surface area (Å²) < 4.78 is 5.37. The Kier molecular flexibility index (Phi) is 1.67. The van der Waals surface area contributed by atoms with Gasteiger partial charge in [0.2, 0.25) is 0 Å². The maximum absolute atomic E-state index is 9.34. The van der Waals surface area contributed by atoms with Gasteiger partial charge < -0.3 is 15.2 Å². The van der Waals surface area contributed by atoms with Crippen molar-refractivity contribution in [3.63, 3.8) is 0 Å². The molecule has 2 aliphatic rings. The van der Waals surface area contributed by atoms with Crippen molar-refractivity contribution in [2.45, 2.75) is 25.0 Å². The first-order valence-electron chi connectivity index (χ1n) is 4.25. The van der Waals surface area contributed by atoms with Crippen molar-refractivity contribution >= 4 is 0 Å². The maximum Gasteiger partial charge on any atom is 0.0653 e. The Morgan fingerprint density at radius 3 is 2.91 bits per heavy atom. The Morgan fingerprint density at radius 1 is 1.64 bits per heavy atom. The number of aliphatic hydroxyl groups excluding tert-OH is 1. The summed E-state index contributed by atoms with van der Waals surface area (Å²) in [5.41, 5.74) is 0.109. The van der Waals surface area contributed by atoms with E-state index in [1.807, 2.05) is 0 Å². The van der Waals surface area contributed by atoms with E-state index in [1.54, 1.807) is 0 Å². The molecule has 0 radical (unpaired) electrons. The number of rotatable bonds is 0. The standard InChI is InChI=1S/C8H15NO2/c1-6-7(10)4-8(6)5-11-3-2-9-8/h6-7,9-10H,2-5H2,1H3. The minimum atomic E-state index is -0.121.